The van der Waals surface area contributed by atoms with E-state index in [-0.39, 0.29) is 25.0 Å². The number of hydrogen-bond donors (Lipinski definition) is 0. The Kier molecular flexibility index (Phi) is 6.11. The third kappa shape index (κ3) is 3.72. The molecule has 0 radical (unpaired) electrons. The van der Waals surface area contributed by atoms with E-state index in [0.717, 1.165) is 52.1 Å². The topological polar surface area (TPSA) is 40.8 Å². The molecule has 3 heterocycles. The summed E-state index contributed by atoms with van der Waals surface area (Å²) in [5.41, 5.74) is 4.66. The summed E-state index contributed by atoms with van der Waals surface area (Å²) in [5, 5.41) is 2.25. The second-order valence-electron chi connectivity index (χ2n) is 8.40. The average Bonchev–Trinajstić information content (AvgIpc) is 3.31. The van der Waals surface area contributed by atoms with Crippen LogP contribution < -0.4 is 35.9 Å². The Morgan fingerprint density at radius 3 is 2.54 bits per heavy atom. The van der Waals surface area contributed by atoms with Crippen molar-refractivity contribution in [1.29, 1.82) is 0 Å². The molecule has 4 aromatic rings. The number of ether oxygens (including phenoxy) is 4. The highest BCUT2D eigenvalue weighted by Gasteiger charge is 2.33. The third-order valence-electron chi connectivity index (χ3n) is 6.66. The SMILES string of the molecule is COc1ccc2c(Cc3c(F)cccc3Cl)c3[n+](cc2c1OC)CCc1cc2c(cc1-3)OCO2.[Cl-]. The lowest BCUT2D eigenvalue weighted by atomic mass is 9.88. The van der Waals surface area contributed by atoms with Crippen LogP contribution in [0.3, 0.4) is 0 Å². The number of hydrogen-bond acceptors (Lipinski definition) is 4. The van der Waals surface area contributed by atoms with Crippen LogP contribution in [0.4, 0.5) is 4.39 Å². The molecule has 0 amide bonds. The summed E-state index contributed by atoms with van der Waals surface area (Å²) in [7, 11) is 3.25. The lowest BCUT2D eigenvalue weighted by molar-refractivity contribution is -0.686. The first-order valence-electron chi connectivity index (χ1n) is 11.0. The van der Waals surface area contributed by atoms with Crippen LogP contribution >= 0.6 is 11.6 Å². The van der Waals surface area contributed by atoms with E-state index in [1.807, 2.05) is 18.2 Å². The maximum absolute atomic E-state index is 14.9. The Morgan fingerprint density at radius 1 is 1.00 bits per heavy atom. The lowest BCUT2D eigenvalue weighted by Crippen LogP contribution is -3.00. The van der Waals surface area contributed by atoms with E-state index in [2.05, 4.69) is 16.8 Å². The standard InChI is InChI=1S/C27H22ClFNO4.ClH/c1-31-23-7-6-16-18(11-19-21(28)4-3-5-22(19)29)26-17-12-25-24(33-14-34-25)10-15(17)8-9-30(26)13-20(16)27(23)32-2;/h3-7,10,12-13H,8-9,11,14H2,1-2H3;1H/q+1;/p-1. The van der Waals surface area contributed by atoms with Crippen LogP contribution in [0.5, 0.6) is 23.0 Å². The van der Waals surface area contributed by atoms with Crippen LogP contribution in [0.15, 0.2) is 48.7 Å². The highest BCUT2D eigenvalue weighted by Crippen LogP contribution is 2.44. The molecular weight excluding hydrogens is 492 g/mol. The average molecular weight is 514 g/mol. The summed E-state index contributed by atoms with van der Waals surface area (Å²) in [5.74, 6) is 2.44. The predicted molar refractivity (Wildman–Crippen MR) is 127 cm³/mol. The molecule has 3 aromatic carbocycles. The fourth-order valence-corrected chi connectivity index (χ4v) is 5.30. The minimum absolute atomic E-state index is 0. The van der Waals surface area contributed by atoms with Gasteiger partial charge in [-0.3, -0.25) is 0 Å². The van der Waals surface area contributed by atoms with Crippen LogP contribution in [-0.4, -0.2) is 21.0 Å². The summed E-state index contributed by atoms with van der Waals surface area (Å²) in [6.45, 7) is 0.973. The van der Waals surface area contributed by atoms with Gasteiger partial charge in [-0.25, -0.2) is 4.39 Å². The van der Waals surface area contributed by atoms with Gasteiger partial charge in [0.15, 0.2) is 35.7 Å². The summed E-state index contributed by atoms with van der Waals surface area (Å²) in [6, 6.07) is 12.8. The van der Waals surface area contributed by atoms with Gasteiger partial charge >= 0.3 is 0 Å². The van der Waals surface area contributed by atoms with Crippen LogP contribution in [0.2, 0.25) is 5.02 Å². The van der Waals surface area contributed by atoms with Crippen LogP contribution in [0.1, 0.15) is 16.7 Å². The van der Waals surface area contributed by atoms with Gasteiger partial charge in [0.1, 0.15) is 5.82 Å². The zero-order valence-electron chi connectivity index (χ0n) is 19.2. The zero-order chi connectivity index (χ0) is 23.4. The number of rotatable bonds is 4. The van der Waals surface area contributed by atoms with Crippen LogP contribution in [0, 0.1) is 5.82 Å². The van der Waals surface area contributed by atoms with E-state index in [0.29, 0.717) is 28.5 Å². The van der Waals surface area contributed by atoms with Gasteiger partial charge in [0.05, 0.1) is 25.2 Å². The van der Waals surface area contributed by atoms with Crippen molar-refractivity contribution in [3.63, 3.8) is 0 Å². The van der Waals surface area contributed by atoms with Crippen LogP contribution in [0.25, 0.3) is 22.0 Å². The molecule has 0 atom stereocenters. The molecule has 1 aromatic heterocycles. The molecule has 8 heteroatoms. The maximum atomic E-state index is 14.9. The molecule has 35 heavy (non-hydrogen) atoms. The van der Waals surface area contributed by atoms with Crippen molar-refractivity contribution in [2.45, 2.75) is 19.4 Å². The summed E-state index contributed by atoms with van der Waals surface area (Å²) in [4.78, 5) is 0. The van der Waals surface area contributed by atoms with Crippen molar-refractivity contribution in [2.75, 3.05) is 21.0 Å². The van der Waals surface area contributed by atoms with E-state index < -0.39 is 0 Å². The van der Waals surface area contributed by atoms with Gasteiger partial charge in [0, 0.05) is 34.4 Å². The van der Waals surface area contributed by atoms with E-state index in [4.69, 9.17) is 30.5 Å². The van der Waals surface area contributed by atoms with E-state index in [1.54, 1.807) is 26.4 Å². The molecule has 180 valence electrons. The Balaban J connectivity index is 0.00000253. The number of methoxy groups -OCH3 is 2. The monoisotopic (exact) mass is 513 g/mol. The van der Waals surface area contributed by atoms with Gasteiger partial charge in [-0.2, -0.15) is 4.57 Å². The molecule has 0 saturated carbocycles. The number of pyridine rings is 1. The number of aromatic nitrogens is 1. The lowest BCUT2D eigenvalue weighted by Gasteiger charge is -2.21. The Labute approximate surface area is 213 Å². The molecule has 0 unspecified atom stereocenters. The first-order chi connectivity index (χ1) is 16.6. The minimum atomic E-state index is -0.328. The molecular formula is C27H22Cl2FNO4. The van der Waals surface area contributed by atoms with Gasteiger partial charge in [-0.1, -0.05) is 17.7 Å². The summed E-state index contributed by atoms with van der Waals surface area (Å²) in [6.07, 6.45) is 3.24. The van der Waals surface area contributed by atoms with Gasteiger partial charge in [0.25, 0.3) is 0 Å². The van der Waals surface area contributed by atoms with E-state index >= 15 is 0 Å². The quantitative estimate of drug-likeness (QED) is 0.393. The normalized spacial score (nSPS) is 13.1. The van der Waals surface area contributed by atoms with Gasteiger partial charge < -0.3 is 31.4 Å². The summed E-state index contributed by atoms with van der Waals surface area (Å²) >= 11 is 6.47. The molecule has 0 aliphatic carbocycles. The molecule has 2 aliphatic rings. The van der Waals surface area contributed by atoms with Crippen molar-refractivity contribution >= 4 is 22.4 Å². The van der Waals surface area contributed by atoms with Crippen molar-refractivity contribution in [3.8, 4) is 34.3 Å². The second-order valence-corrected chi connectivity index (χ2v) is 8.81. The molecule has 6 rings (SSSR count). The number of halogens is 3. The minimum Gasteiger partial charge on any atom is -1.00 e. The van der Waals surface area contributed by atoms with Crippen molar-refractivity contribution < 1.29 is 40.3 Å². The first kappa shape index (κ1) is 23.5. The Morgan fingerprint density at radius 2 is 1.80 bits per heavy atom. The third-order valence-corrected chi connectivity index (χ3v) is 7.01. The molecule has 0 spiro atoms. The first-order valence-corrected chi connectivity index (χ1v) is 11.4. The fourth-order valence-electron chi connectivity index (χ4n) is 5.07. The van der Waals surface area contributed by atoms with E-state index in [9.17, 15) is 4.39 Å². The van der Waals surface area contributed by atoms with Gasteiger partial charge in [-0.05, 0) is 42.0 Å². The molecule has 0 N–H and O–H groups in total. The van der Waals surface area contributed by atoms with Gasteiger partial charge in [0.2, 0.25) is 12.5 Å². The Hall–Kier alpha value is -3.22. The summed E-state index contributed by atoms with van der Waals surface area (Å²) < 4.78 is 39.7. The van der Waals surface area contributed by atoms with Crippen molar-refractivity contribution in [1.82, 2.24) is 0 Å². The zero-order valence-corrected chi connectivity index (χ0v) is 20.7. The number of aryl methyl sites for hydroxylation is 2. The second kappa shape index (κ2) is 9.10. The highest BCUT2D eigenvalue weighted by atomic mass is 35.5. The fraction of sp³-hybridized carbons (Fsp3) is 0.222. The maximum Gasteiger partial charge on any atom is 0.231 e. The molecule has 0 saturated heterocycles. The predicted octanol–water partition coefficient (Wildman–Crippen LogP) is 2.48. The number of benzene rings is 3. The van der Waals surface area contributed by atoms with Gasteiger partial charge in [-0.15, -0.1) is 0 Å². The van der Waals surface area contributed by atoms with Crippen molar-refractivity contribution in [2.24, 2.45) is 0 Å². The smallest absolute Gasteiger partial charge is 0.231 e. The molecule has 5 nitrogen and oxygen atoms in total. The Bertz CT molecular complexity index is 1450. The van der Waals surface area contributed by atoms with Crippen molar-refractivity contribution in [3.05, 3.63) is 76.2 Å². The molecule has 0 bridgehead atoms. The molecule has 2 aliphatic heterocycles. The van der Waals surface area contributed by atoms with Crippen LogP contribution in [-0.2, 0) is 19.4 Å². The molecule has 0 fully saturated rings. The number of fused-ring (bicyclic) bond motifs is 5. The number of nitrogens with zero attached hydrogens (tertiary/aromatic N) is 1. The van der Waals surface area contributed by atoms with E-state index in [1.165, 1.54) is 11.6 Å². The largest absolute Gasteiger partial charge is 1.00 e. The highest BCUT2D eigenvalue weighted by molar-refractivity contribution is 6.31.